The predicted octanol–water partition coefficient (Wildman–Crippen LogP) is 1.96. The number of halogens is 2. The van der Waals surface area contributed by atoms with Gasteiger partial charge in [0, 0.05) is 13.1 Å². The van der Waals surface area contributed by atoms with Crippen LogP contribution in [0.2, 0.25) is 0 Å². The Morgan fingerprint density at radius 3 is 2.60 bits per heavy atom. The van der Waals surface area contributed by atoms with E-state index in [9.17, 15) is 18.4 Å². The zero-order valence-corrected chi connectivity index (χ0v) is 14.5. The first-order valence-corrected chi connectivity index (χ1v) is 7.73. The maximum atomic E-state index is 12.3. The first-order chi connectivity index (χ1) is 11.8. The first-order valence-electron chi connectivity index (χ1n) is 7.73. The lowest BCUT2D eigenvalue weighted by Gasteiger charge is -2.17. The standard InChI is InChI=1S/C16H23F2N3O4/c1-4-7-19-16(23)20-14(22)10-21(2)9-11-5-6-12(25-15(17)18)13(8-11)24-3/h5-6,8,15H,4,7,9-10H2,1-3H3,(H2,19,20,22,23). The quantitative estimate of drug-likeness (QED) is 0.705. The van der Waals surface area contributed by atoms with E-state index in [1.807, 2.05) is 6.92 Å². The number of methoxy groups -OCH3 is 1. The van der Waals surface area contributed by atoms with Crippen molar-refractivity contribution in [3.8, 4) is 11.5 Å². The highest BCUT2D eigenvalue weighted by molar-refractivity contribution is 5.95. The molecule has 0 radical (unpaired) electrons. The summed E-state index contributed by atoms with van der Waals surface area (Å²) in [5, 5.41) is 4.77. The number of carbonyl (C=O) groups excluding carboxylic acids is 2. The second kappa shape index (κ2) is 10.4. The van der Waals surface area contributed by atoms with E-state index in [0.717, 1.165) is 12.0 Å². The fourth-order valence-electron chi connectivity index (χ4n) is 2.07. The maximum Gasteiger partial charge on any atom is 0.387 e. The third-order valence-electron chi connectivity index (χ3n) is 3.10. The number of imide groups is 1. The molecule has 0 heterocycles. The Kier molecular flexibility index (Phi) is 8.62. The molecule has 0 aliphatic rings. The molecule has 0 aliphatic carbocycles. The Morgan fingerprint density at radius 2 is 2.00 bits per heavy atom. The summed E-state index contributed by atoms with van der Waals surface area (Å²) >= 11 is 0. The molecule has 0 aromatic heterocycles. The van der Waals surface area contributed by atoms with Crippen molar-refractivity contribution in [2.75, 3.05) is 27.2 Å². The number of amides is 3. The summed E-state index contributed by atoms with van der Waals surface area (Å²) in [6.45, 7) is -0.194. The molecule has 0 bridgehead atoms. The number of nitrogens with one attached hydrogen (secondary N) is 2. The smallest absolute Gasteiger partial charge is 0.387 e. The third-order valence-corrected chi connectivity index (χ3v) is 3.10. The molecule has 9 heteroatoms. The van der Waals surface area contributed by atoms with Crippen molar-refractivity contribution in [2.24, 2.45) is 0 Å². The largest absolute Gasteiger partial charge is 0.493 e. The van der Waals surface area contributed by atoms with Gasteiger partial charge in [-0.15, -0.1) is 0 Å². The molecular formula is C16H23F2N3O4. The summed E-state index contributed by atoms with van der Waals surface area (Å²) in [6, 6.07) is 4.00. The van der Waals surface area contributed by atoms with Gasteiger partial charge in [0.15, 0.2) is 11.5 Å². The predicted molar refractivity (Wildman–Crippen MR) is 87.8 cm³/mol. The Balaban J connectivity index is 2.57. The summed E-state index contributed by atoms with van der Waals surface area (Å²) in [7, 11) is 3.04. The minimum Gasteiger partial charge on any atom is -0.493 e. The molecule has 0 atom stereocenters. The van der Waals surface area contributed by atoms with Gasteiger partial charge in [-0.3, -0.25) is 15.0 Å². The topological polar surface area (TPSA) is 79.9 Å². The lowest BCUT2D eigenvalue weighted by molar-refractivity contribution is -0.121. The number of hydrogen-bond donors (Lipinski definition) is 2. The van der Waals surface area contributed by atoms with E-state index in [-0.39, 0.29) is 18.0 Å². The number of rotatable bonds is 9. The van der Waals surface area contributed by atoms with Gasteiger partial charge in [0.1, 0.15) is 0 Å². The highest BCUT2D eigenvalue weighted by Crippen LogP contribution is 2.29. The lowest BCUT2D eigenvalue weighted by Crippen LogP contribution is -2.43. The highest BCUT2D eigenvalue weighted by atomic mass is 19.3. The normalized spacial score (nSPS) is 10.7. The highest BCUT2D eigenvalue weighted by Gasteiger charge is 2.14. The van der Waals surface area contributed by atoms with Crippen LogP contribution in [-0.2, 0) is 11.3 Å². The molecule has 0 saturated carbocycles. The van der Waals surface area contributed by atoms with E-state index in [2.05, 4.69) is 15.4 Å². The van der Waals surface area contributed by atoms with Crippen molar-refractivity contribution in [2.45, 2.75) is 26.5 Å². The summed E-state index contributed by atoms with van der Waals surface area (Å²) in [4.78, 5) is 24.9. The van der Waals surface area contributed by atoms with Gasteiger partial charge in [-0.05, 0) is 31.2 Å². The fraction of sp³-hybridized carbons (Fsp3) is 0.500. The van der Waals surface area contributed by atoms with Crippen LogP contribution >= 0.6 is 0 Å². The van der Waals surface area contributed by atoms with Crippen LogP contribution in [0.4, 0.5) is 13.6 Å². The zero-order chi connectivity index (χ0) is 18.8. The van der Waals surface area contributed by atoms with Gasteiger partial charge in [0.05, 0.1) is 13.7 Å². The van der Waals surface area contributed by atoms with Gasteiger partial charge in [0.25, 0.3) is 0 Å². The zero-order valence-electron chi connectivity index (χ0n) is 14.5. The average molecular weight is 359 g/mol. The molecule has 2 N–H and O–H groups in total. The number of urea groups is 1. The van der Waals surface area contributed by atoms with Crippen LogP contribution in [0.15, 0.2) is 18.2 Å². The molecule has 0 fully saturated rings. The van der Waals surface area contributed by atoms with Crippen molar-refractivity contribution in [3.63, 3.8) is 0 Å². The van der Waals surface area contributed by atoms with Gasteiger partial charge in [0.2, 0.25) is 5.91 Å². The molecule has 7 nitrogen and oxygen atoms in total. The number of carbonyl (C=O) groups is 2. The van der Waals surface area contributed by atoms with E-state index in [4.69, 9.17) is 4.74 Å². The Hall–Kier alpha value is -2.42. The second-order valence-electron chi connectivity index (χ2n) is 5.34. The number of benzene rings is 1. The molecule has 0 aliphatic heterocycles. The maximum absolute atomic E-state index is 12.3. The minimum absolute atomic E-state index is 0.00283. The van der Waals surface area contributed by atoms with Crippen LogP contribution in [0.3, 0.4) is 0 Å². The van der Waals surface area contributed by atoms with E-state index < -0.39 is 18.5 Å². The van der Waals surface area contributed by atoms with Crippen LogP contribution in [-0.4, -0.2) is 50.7 Å². The van der Waals surface area contributed by atoms with Gasteiger partial charge in [-0.25, -0.2) is 4.79 Å². The lowest BCUT2D eigenvalue weighted by atomic mass is 10.2. The van der Waals surface area contributed by atoms with Crippen molar-refractivity contribution >= 4 is 11.9 Å². The first kappa shape index (κ1) is 20.6. The molecule has 3 amide bonds. The molecule has 25 heavy (non-hydrogen) atoms. The Labute approximate surface area is 145 Å². The van der Waals surface area contributed by atoms with Gasteiger partial charge in [-0.1, -0.05) is 13.0 Å². The van der Waals surface area contributed by atoms with Crippen LogP contribution < -0.4 is 20.1 Å². The summed E-state index contributed by atoms with van der Waals surface area (Å²) in [5.74, 6) is -0.329. The monoisotopic (exact) mass is 359 g/mol. The SMILES string of the molecule is CCCNC(=O)NC(=O)CN(C)Cc1ccc(OC(F)F)c(OC)c1. The summed E-state index contributed by atoms with van der Waals surface area (Å²) in [5.41, 5.74) is 0.740. The molecule has 0 unspecified atom stereocenters. The summed E-state index contributed by atoms with van der Waals surface area (Å²) < 4.78 is 34.0. The van der Waals surface area contributed by atoms with E-state index >= 15 is 0 Å². The van der Waals surface area contributed by atoms with E-state index in [1.165, 1.54) is 13.2 Å². The van der Waals surface area contributed by atoms with Crippen LogP contribution in [0, 0.1) is 0 Å². The van der Waals surface area contributed by atoms with E-state index in [1.54, 1.807) is 24.1 Å². The van der Waals surface area contributed by atoms with Gasteiger partial charge < -0.3 is 14.8 Å². The number of nitrogens with zero attached hydrogens (tertiary/aromatic N) is 1. The Morgan fingerprint density at radius 1 is 1.28 bits per heavy atom. The molecule has 0 spiro atoms. The van der Waals surface area contributed by atoms with Crippen molar-refractivity contribution in [3.05, 3.63) is 23.8 Å². The average Bonchev–Trinajstić information content (AvgIpc) is 2.53. The van der Waals surface area contributed by atoms with Crippen LogP contribution in [0.1, 0.15) is 18.9 Å². The second-order valence-corrected chi connectivity index (χ2v) is 5.34. The van der Waals surface area contributed by atoms with E-state index in [0.29, 0.717) is 13.1 Å². The van der Waals surface area contributed by atoms with Crippen molar-refractivity contribution in [1.29, 1.82) is 0 Å². The van der Waals surface area contributed by atoms with Crippen LogP contribution in [0.5, 0.6) is 11.5 Å². The van der Waals surface area contributed by atoms with Gasteiger partial charge >= 0.3 is 12.6 Å². The molecule has 140 valence electrons. The van der Waals surface area contributed by atoms with Crippen molar-refractivity contribution in [1.82, 2.24) is 15.5 Å². The van der Waals surface area contributed by atoms with Crippen LogP contribution in [0.25, 0.3) is 0 Å². The number of hydrogen-bond acceptors (Lipinski definition) is 5. The molecule has 1 rings (SSSR count). The Bertz CT molecular complexity index is 584. The molecule has 1 aromatic carbocycles. The number of likely N-dealkylation sites (N-methyl/N-ethyl adjacent to an activating group) is 1. The number of alkyl halides is 2. The molecular weight excluding hydrogens is 336 g/mol. The minimum atomic E-state index is -2.94. The van der Waals surface area contributed by atoms with Gasteiger partial charge in [-0.2, -0.15) is 8.78 Å². The number of ether oxygens (including phenoxy) is 2. The fourth-order valence-corrected chi connectivity index (χ4v) is 2.07. The van der Waals surface area contributed by atoms with Crippen molar-refractivity contribution < 1.29 is 27.8 Å². The summed E-state index contributed by atoms with van der Waals surface area (Å²) in [6.07, 6.45) is 0.772. The third kappa shape index (κ3) is 7.79. The molecule has 0 saturated heterocycles. The molecule has 1 aromatic rings.